The molecule has 0 amide bonds. The van der Waals surface area contributed by atoms with Gasteiger partial charge < -0.3 is 4.74 Å². The summed E-state index contributed by atoms with van der Waals surface area (Å²) in [7, 11) is 0. The summed E-state index contributed by atoms with van der Waals surface area (Å²) in [5.74, 6) is 0.340. The number of hydrogen-bond donors (Lipinski definition) is 0. The molecule has 2 atom stereocenters. The first-order valence-corrected chi connectivity index (χ1v) is 12.0. The van der Waals surface area contributed by atoms with Gasteiger partial charge in [-0.05, 0) is 72.8 Å². The van der Waals surface area contributed by atoms with Crippen molar-refractivity contribution in [2.45, 2.75) is 73.6 Å². The molecule has 0 aliphatic heterocycles. The fourth-order valence-electron chi connectivity index (χ4n) is 3.76. The smallest absolute Gasteiger partial charge is 0.302 e. The third-order valence-electron chi connectivity index (χ3n) is 5.90. The van der Waals surface area contributed by atoms with Gasteiger partial charge in [0.2, 0.25) is 0 Å². The lowest BCUT2D eigenvalue weighted by Crippen LogP contribution is -2.13. The lowest BCUT2D eigenvalue weighted by molar-refractivity contribution is -0.141. The van der Waals surface area contributed by atoms with E-state index >= 15 is 0 Å². The second kappa shape index (κ2) is 15.3. The van der Waals surface area contributed by atoms with Gasteiger partial charge in [0, 0.05) is 12.3 Å². The highest BCUT2D eigenvalue weighted by atomic mass is 16.5. The Kier molecular flexibility index (Phi) is 14.1. The number of rotatable bonds is 12. The van der Waals surface area contributed by atoms with Crippen molar-refractivity contribution >= 4 is 5.97 Å². The molecule has 2 nitrogen and oxygen atoms in total. The van der Waals surface area contributed by atoms with Crippen LogP contribution in [0, 0.1) is 11.3 Å². The Morgan fingerprint density at radius 2 is 1.73 bits per heavy atom. The van der Waals surface area contributed by atoms with Gasteiger partial charge in [-0.1, -0.05) is 90.0 Å². The fourth-order valence-corrected chi connectivity index (χ4v) is 3.76. The lowest BCUT2D eigenvalue weighted by Gasteiger charge is -2.25. The van der Waals surface area contributed by atoms with Crippen LogP contribution < -0.4 is 0 Å². The molecule has 1 unspecified atom stereocenters. The van der Waals surface area contributed by atoms with Gasteiger partial charge in [0.05, 0.1) is 6.61 Å². The maximum Gasteiger partial charge on any atom is 0.302 e. The molecule has 1 aliphatic rings. The third-order valence-corrected chi connectivity index (χ3v) is 5.90. The van der Waals surface area contributed by atoms with Gasteiger partial charge in [-0.3, -0.25) is 4.79 Å². The van der Waals surface area contributed by atoms with Gasteiger partial charge in [-0.25, -0.2) is 0 Å². The van der Waals surface area contributed by atoms with Gasteiger partial charge in [-0.15, -0.1) is 6.58 Å². The van der Waals surface area contributed by atoms with Crippen LogP contribution in [0.4, 0.5) is 0 Å². The maximum atomic E-state index is 11.0. The molecular formula is C31H46O2. The van der Waals surface area contributed by atoms with E-state index in [4.69, 9.17) is 4.74 Å². The van der Waals surface area contributed by atoms with E-state index in [1.807, 2.05) is 6.92 Å². The average Bonchev–Trinajstić information content (AvgIpc) is 3.12. The zero-order chi connectivity index (χ0) is 25.6. The minimum Gasteiger partial charge on any atom is -0.466 e. The number of allylic oxidation sites excluding steroid dienone is 11. The number of esters is 1. The summed E-state index contributed by atoms with van der Waals surface area (Å²) >= 11 is 0. The standard InChI is InChI=1S/C28H40O2.C3H6/c1-10-21(4)27(13-12-16-30-25(8)29)17-22(5)24(7)26(11-2)18-23(6)28(9)15-14-20(3)19-28;1-3-2/h14-15,17-18,20H,4-7,10-13,16,19H2,1-3,8-9H3;3H,1H2,2H3/b26-18-,27-17-;/t20?,28-;/m0./s1. The second-order valence-electron chi connectivity index (χ2n) is 8.99. The monoisotopic (exact) mass is 450 g/mol. The fraction of sp³-hybridized carbons (Fsp3) is 0.452. The molecule has 0 bridgehead atoms. The summed E-state index contributed by atoms with van der Waals surface area (Å²) in [5, 5.41) is 0. The van der Waals surface area contributed by atoms with Crippen LogP contribution in [0.25, 0.3) is 0 Å². The summed E-state index contributed by atoms with van der Waals surface area (Å²) in [6.07, 6.45) is 15.0. The SMILES string of the molecule is C=C(/C=C(/CCCOC(C)=O)C(=C)CC)C(=C)/C(=C\C(=C)[C@@]1(C)C=CC(C)C1)CC.C=CC. The van der Waals surface area contributed by atoms with Crippen molar-refractivity contribution in [1.82, 2.24) is 0 Å². The van der Waals surface area contributed by atoms with Crippen LogP contribution in [0.1, 0.15) is 73.6 Å². The summed E-state index contributed by atoms with van der Waals surface area (Å²) in [5.41, 5.74) is 6.36. The molecule has 1 aliphatic carbocycles. The molecule has 0 fully saturated rings. The van der Waals surface area contributed by atoms with Gasteiger partial charge >= 0.3 is 5.97 Å². The van der Waals surface area contributed by atoms with Crippen LogP contribution in [0.2, 0.25) is 0 Å². The van der Waals surface area contributed by atoms with E-state index in [2.05, 4.69) is 84.9 Å². The van der Waals surface area contributed by atoms with Crippen LogP contribution >= 0.6 is 0 Å². The number of ether oxygens (including phenoxy) is 1. The molecular weight excluding hydrogens is 404 g/mol. The minimum absolute atomic E-state index is 0.00958. The maximum absolute atomic E-state index is 11.0. The number of hydrogen-bond acceptors (Lipinski definition) is 2. The Morgan fingerprint density at radius 1 is 1.12 bits per heavy atom. The highest BCUT2D eigenvalue weighted by Gasteiger charge is 2.30. The van der Waals surface area contributed by atoms with E-state index in [9.17, 15) is 4.79 Å². The van der Waals surface area contributed by atoms with Crippen LogP contribution in [-0.4, -0.2) is 12.6 Å². The molecule has 0 aromatic rings. The average molecular weight is 451 g/mol. The Labute approximate surface area is 203 Å². The molecule has 0 aromatic carbocycles. The summed E-state index contributed by atoms with van der Waals surface area (Å²) < 4.78 is 5.06. The summed E-state index contributed by atoms with van der Waals surface area (Å²) in [4.78, 5) is 11.0. The lowest BCUT2D eigenvalue weighted by atomic mass is 9.79. The third kappa shape index (κ3) is 10.7. The normalized spacial score (nSPS) is 19.9. The van der Waals surface area contributed by atoms with Gasteiger partial charge in [0.15, 0.2) is 0 Å². The Hall–Kier alpha value is -2.61. The number of carbonyl (C=O) groups excluding carboxylic acids is 1. The molecule has 1 rings (SSSR count). The first-order valence-electron chi connectivity index (χ1n) is 12.0. The highest BCUT2D eigenvalue weighted by molar-refractivity contribution is 5.65. The minimum atomic E-state index is -0.245. The molecule has 33 heavy (non-hydrogen) atoms. The van der Waals surface area contributed by atoms with Gasteiger partial charge in [-0.2, -0.15) is 0 Å². The topological polar surface area (TPSA) is 26.3 Å². The Bertz CT molecular complexity index is 831. The molecule has 0 aromatic heterocycles. The van der Waals surface area contributed by atoms with Crippen molar-refractivity contribution in [3.8, 4) is 0 Å². The largest absolute Gasteiger partial charge is 0.466 e. The van der Waals surface area contributed by atoms with E-state index in [0.717, 1.165) is 65.5 Å². The first kappa shape index (κ1) is 30.4. The van der Waals surface area contributed by atoms with E-state index < -0.39 is 0 Å². The molecule has 0 saturated carbocycles. The van der Waals surface area contributed by atoms with Crippen molar-refractivity contribution in [3.63, 3.8) is 0 Å². The summed E-state index contributed by atoms with van der Waals surface area (Å²) in [6.45, 7) is 33.0. The van der Waals surface area contributed by atoms with E-state index in [-0.39, 0.29) is 11.4 Å². The predicted molar refractivity (Wildman–Crippen MR) is 146 cm³/mol. The molecule has 0 heterocycles. The van der Waals surface area contributed by atoms with Crippen LogP contribution in [0.15, 0.2) is 96.7 Å². The summed E-state index contributed by atoms with van der Waals surface area (Å²) in [6, 6.07) is 0. The van der Waals surface area contributed by atoms with Crippen molar-refractivity contribution in [2.24, 2.45) is 11.3 Å². The Balaban J connectivity index is 0.00000322. The van der Waals surface area contributed by atoms with E-state index in [1.165, 1.54) is 6.92 Å². The highest BCUT2D eigenvalue weighted by Crippen LogP contribution is 2.42. The van der Waals surface area contributed by atoms with Crippen LogP contribution in [-0.2, 0) is 9.53 Å². The zero-order valence-electron chi connectivity index (χ0n) is 22.1. The molecule has 0 spiro atoms. The van der Waals surface area contributed by atoms with Crippen LogP contribution in [0.5, 0.6) is 0 Å². The molecule has 2 heteroatoms. The van der Waals surface area contributed by atoms with E-state index in [1.54, 1.807) is 6.08 Å². The number of carbonyl (C=O) groups is 1. The molecule has 0 saturated heterocycles. The molecule has 0 N–H and O–H groups in total. The quantitative estimate of drug-likeness (QED) is 0.128. The zero-order valence-corrected chi connectivity index (χ0v) is 22.1. The van der Waals surface area contributed by atoms with Gasteiger partial charge in [0.25, 0.3) is 0 Å². The van der Waals surface area contributed by atoms with Crippen molar-refractivity contribution in [2.75, 3.05) is 6.61 Å². The Morgan fingerprint density at radius 3 is 2.18 bits per heavy atom. The predicted octanol–water partition coefficient (Wildman–Crippen LogP) is 9.02. The van der Waals surface area contributed by atoms with E-state index in [0.29, 0.717) is 12.5 Å². The van der Waals surface area contributed by atoms with Crippen molar-refractivity contribution in [3.05, 3.63) is 96.7 Å². The molecule has 0 radical (unpaired) electrons. The van der Waals surface area contributed by atoms with Crippen molar-refractivity contribution in [1.29, 1.82) is 0 Å². The van der Waals surface area contributed by atoms with Crippen molar-refractivity contribution < 1.29 is 9.53 Å². The van der Waals surface area contributed by atoms with Gasteiger partial charge in [0.1, 0.15) is 0 Å². The molecule has 182 valence electrons. The second-order valence-corrected chi connectivity index (χ2v) is 8.99. The first-order chi connectivity index (χ1) is 15.4. The van der Waals surface area contributed by atoms with Crippen LogP contribution in [0.3, 0.4) is 0 Å².